The van der Waals surface area contributed by atoms with Crippen LogP contribution < -0.4 is 0 Å². The number of pyridine rings is 1. The molecule has 0 aliphatic rings. The highest BCUT2D eigenvalue weighted by molar-refractivity contribution is 5.89. The van der Waals surface area contributed by atoms with Crippen LogP contribution in [0.3, 0.4) is 0 Å². The molecule has 0 amide bonds. The van der Waals surface area contributed by atoms with Crippen LogP contribution in [0.15, 0.2) is 84.0 Å². The van der Waals surface area contributed by atoms with Gasteiger partial charge in [-0.05, 0) is 30.7 Å². The summed E-state index contributed by atoms with van der Waals surface area (Å²) in [5.74, 6) is -0.669. The molecular weight excluding hydrogens is 382 g/mol. The number of benzene rings is 2. The van der Waals surface area contributed by atoms with E-state index in [1.165, 1.54) is 12.3 Å². The lowest BCUT2D eigenvalue weighted by Crippen LogP contribution is -2.39. The second-order valence-corrected chi connectivity index (χ2v) is 6.52. The number of hydrogen-bond donors (Lipinski definition) is 0. The number of aromatic nitrogens is 1. The summed E-state index contributed by atoms with van der Waals surface area (Å²) in [5, 5.41) is 11.8. The first-order valence-electron chi connectivity index (χ1n) is 9.48. The van der Waals surface area contributed by atoms with E-state index in [0.717, 1.165) is 5.56 Å². The van der Waals surface area contributed by atoms with Crippen LogP contribution in [-0.2, 0) is 21.5 Å². The highest BCUT2D eigenvalue weighted by Gasteiger charge is 2.46. The van der Waals surface area contributed by atoms with Crippen molar-refractivity contribution >= 4 is 17.9 Å². The largest absolute Gasteiger partial charge is 0.464 e. The van der Waals surface area contributed by atoms with Gasteiger partial charge in [0.15, 0.2) is 5.54 Å². The maximum absolute atomic E-state index is 13.3. The Labute approximate surface area is 174 Å². The Morgan fingerprint density at radius 1 is 1.10 bits per heavy atom. The third-order valence-electron chi connectivity index (χ3n) is 4.56. The summed E-state index contributed by atoms with van der Waals surface area (Å²) < 4.78 is 5.35. The predicted molar refractivity (Wildman–Crippen MR) is 113 cm³/mol. The minimum Gasteiger partial charge on any atom is -0.464 e. The Morgan fingerprint density at radius 2 is 1.80 bits per heavy atom. The van der Waals surface area contributed by atoms with Crippen LogP contribution in [0.5, 0.6) is 0 Å². The second-order valence-electron chi connectivity index (χ2n) is 6.52. The van der Waals surface area contributed by atoms with Gasteiger partial charge in [0.25, 0.3) is 5.69 Å². The van der Waals surface area contributed by atoms with Gasteiger partial charge in [0.05, 0.1) is 17.1 Å². The smallest absolute Gasteiger partial charge is 0.339 e. The Bertz CT molecular complexity index is 1040. The number of nitro benzene ring substituents is 1. The van der Waals surface area contributed by atoms with E-state index in [4.69, 9.17) is 4.74 Å². The van der Waals surface area contributed by atoms with Crippen molar-refractivity contribution in [2.45, 2.75) is 18.9 Å². The Kier molecular flexibility index (Phi) is 6.64. The molecule has 1 unspecified atom stereocenters. The number of para-hydroxylation sites is 1. The Hall–Kier alpha value is -3.87. The van der Waals surface area contributed by atoms with E-state index in [1.807, 2.05) is 30.3 Å². The van der Waals surface area contributed by atoms with Crippen LogP contribution in [0.4, 0.5) is 5.69 Å². The highest BCUT2D eigenvalue weighted by atomic mass is 16.6. The van der Waals surface area contributed by atoms with Gasteiger partial charge in [-0.1, -0.05) is 48.5 Å². The molecule has 0 saturated carbocycles. The van der Waals surface area contributed by atoms with Gasteiger partial charge in [0, 0.05) is 30.6 Å². The zero-order chi connectivity index (χ0) is 21.4. The van der Waals surface area contributed by atoms with Gasteiger partial charge in [-0.2, -0.15) is 0 Å². The molecule has 0 aliphatic heterocycles. The average Bonchev–Trinajstić information content (AvgIpc) is 2.78. The van der Waals surface area contributed by atoms with Crippen molar-refractivity contribution in [3.63, 3.8) is 0 Å². The predicted octanol–water partition coefficient (Wildman–Crippen LogP) is 4.11. The van der Waals surface area contributed by atoms with E-state index in [-0.39, 0.29) is 24.3 Å². The first kappa shape index (κ1) is 20.9. The van der Waals surface area contributed by atoms with E-state index < -0.39 is 16.4 Å². The quantitative estimate of drug-likeness (QED) is 0.244. The third kappa shape index (κ3) is 4.57. The lowest BCUT2D eigenvalue weighted by atomic mass is 9.84. The molecular formula is C23H21N3O4. The van der Waals surface area contributed by atoms with E-state index in [0.29, 0.717) is 5.69 Å². The zero-order valence-electron chi connectivity index (χ0n) is 16.5. The van der Waals surface area contributed by atoms with Crippen molar-refractivity contribution in [1.82, 2.24) is 4.98 Å². The van der Waals surface area contributed by atoms with E-state index in [9.17, 15) is 14.9 Å². The minimum absolute atomic E-state index is 0.0147. The first-order valence-corrected chi connectivity index (χ1v) is 9.48. The maximum Gasteiger partial charge on any atom is 0.339 e. The summed E-state index contributed by atoms with van der Waals surface area (Å²) in [6.45, 7) is 1.80. The molecule has 1 atom stereocenters. The number of nitro groups is 1. The highest BCUT2D eigenvalue weighted by Crippen LogP contribution is 2.37. The van der Waals surface area contributed by atoms with Crippen molar-refractivity contribution in [1.29, 1.82) is 0 Å². The number of carbonyl (C=O) groups excluding carboxylic acids is 1. The van der Waals surface area contributed by atoms with Crippen LogP contribution >= 0.6 is 0 Å². The molecule has 3 rings (SSSR count). The molecule has 2 aromatic carbocycles. The number of nitrogens with zero attached hydrogens (tertiary/aromatic N) is 3. The van der Waals surface area contributed by atoms with E-state index >= 15 is 0 Å². The normalized spacial score (nSPS) is 13.0. The summed E-state index contributed by atoms with van der Waals surface area (Å²) >= 11 is 0. The number of rotatable bonds is 8. The van der Waals surface area contributed by atoms with Gasteiger partial charge in [0.2, 0.25) is 0 Å². The topological polar surface area (TPSA) is 94.7 Å². The SMILES string of the molecule is CCOC(=O)C(Cc1ccccn1)(N=Cc1ccccc1)c1ccccc1[N+](=O)[O-]. The van der Waals surface area contributed by atoms with Gasteiger partial charge >= 0.3 is 5.97 Å². The van der Waals surface area contributed by atoms with Gasteiger partial charge in [-0.3, -0.25) is 20.1 Å². The minimum atomic E-state index is -1.66. The molecule has 0 radical (unpaired) electrons. The Balaban J connectivity index is 2.24. The summed E-state index contributed by atoms with van der Waals surface area (Å²) in [7, 11) is 0. The summed E-state index contributed by atoms with van der Waals surface area (Å²) in [4.78, 5) is 33.4. The fourth-order valence-corrected chi connectivity index (χ4v) is 3.17. The monoisotopic (exact) mass is 403 g/mol. The summed E-state index contributed by atoms with van der Waals surface area (Å²) in [6, 6.07) is 20.6. The fourth-order valence-electron chi connectivity index (χ4n) is 3.17. The van der Waals surface area contributed by atoms with Gasteiger partial charge < -0.3 is 4.74 Å². The molecule has 30 heavy (non-hydrogen) atoms. The molecule has 0 saturated heterocycles. The molecule has 0 fully saturated rings. The molecule has 1 aromatic heterocycles. The van der Waals surface area contributed by atoms with E-state index in [1.54, 1.807) is 49.5 Å². The molecule has 7 heteroatoms. The van der Waals surface area contributed by atoms with Crippen molar-refractivity contribution < 1.29 is 14.5 Å². The van der Waals surface area contributed by atoms with Crippen LogP contribution in [0.2, 0.25) is 0 Å². The summed E-state index contributed by atoms with van der Waals surface area (Å²) in [5.41, 5.74) is -0.387. The molecule has 1 heterocycles. The number of carbonyl (C=O) groups is 1. The molecule has 152 valence electrons. The number of hydrogen-bond acceptors (Lipinski definition) is 6. The van der Waals surface area contributed by atoms with Crippen molar-refractivity contribution in [3.05, 3.63) is 106 Å². The Morgan fingerprint density at radius 3 is 2.47 bits per heavy atom. The average molecular weight is 403 g/mol. The molecule has 7 nitrogen and oxygen atoms in total. The fraction of sp³-hybridized carbons (Fsp3) is 0.174. The molecule has 0 N–H and O–H groups in total. The standard InChI is InChI=1S/C23H21N3O4/c1-2-30-22(27)23(16-19-12-8-9-15-24-19,25-17-18-10-4-3-5-11-18)20-13-6-7-14-21(20)26(28)29/h3-15,17H,2,16H2,1H3. The van der Waals surface area contributed by atoms with Crippen LogP contribution in [-0.4, -0.2) is 28.7 Å². The van der Waals surface area contributed by atoms with Gasteiger partial charge in [-0.25, -0.2) is 4.79 Å². The van der Waals surface area contributed by atoms with Gasteiger partial charge in [0.1, 0.15) is 0 Å². The van der Waals surface area contributed by atoms with Crippen molar-refractivity contribution in [3.8, 4) is 0 Å². The lowest BCUT2D eigenvalue weighted by molar-refractivity contribution is -0.386. The third-order valence-corrected chi connectivity index (χ3v) is 4.56. The zero-order valence-corrected chi connectivity index (χ0v) is 16.5. The second kappa shape index (κ2) is 9.56. The molecule has 3 aromatic rings. The molecule has 0 aliphatic carbocycles. The molecule has 0 spiro atoms. The lowest BCUT2D eigenvalue weighted by Gasteiger charge is -2.27. The molecule has 0 bridgehead atoms. The maximum atomic E-state index is 13.3. The summed E-state index contributed by atoms with van der Waals surface area (Å²) in [6.07, 6.45) is 3.16. The van der Waals surface area contributed by atoms with Crippen LogP contribution in [0.25, 0.3) is 0 Å². The van der Waals surface area contributed by atoms with E-state index in [2.05, 4.69) is 9.98 Å². The number of esters is 1. The first-order chi connectivity index (χ1) is 14.6. The number of aliphatic imine (C=N–C) groups is 1. The van der Waals surface area contributed by atoms with Crippen LogP contribution in [0.1, 0.15) is 23.7 Å². The van der Waals surface area contributed by atoms with Crippen molar-refractivity contribution in [2.24, 2.45) is 4.99 Å². The van der Waals surface area contributed by atoms with Crippen molar-refractivity contribution in [2.75, 3.05) is 6.61 Å². The van der Waals surface area contributed by atoms with Crippen LogP contribution in [0, 0.1) is 10.1 Å². The number of ether oxygens (including phenoxy) is 1. The van der Waals surface area contributed by atoms with Gasteiger partial charge in [-0.15, -0.1) is 0 Å².